The van der Waals surface area contributed by atoms with Crippen LogP contribution in [0.4, 0.5) is 19.1 Å². The number of carbonyl (C=O) groups excluding carboxylic acids is 1. The fourth-order valence-corrected chi connectivity index (χ4v) is 5.89. The van der Waals surface area contributed by atoms with Gasteiger partial charge in [-0.15, -0.1) is 0 Å². The van der Waals surface area contributed by atoms with Crippen molar-refractivity contribution in [1.82, 2.24) is 19.6 Å². The molecular formula is C27H28F3N5O5S. The van der Waals surface area contributed by atoms with Gasteiger partial charge >= 0.3 is 12.1 Å². The molecule has 1 fully saturated rings. The van der Waals surface area contributed by atoms with Crippen LogP contribution in [0.2, 0.25) is 0 Å². The molecular weight excluding hydrogens is 563 g/mol. The Morgan fingerprint density at radius 1 is 1.02 bits per heavy atom. The predicted octanol–water partition coefficient (Wildman–Crippen LogP) is 3.51. The summed E-state index contributed by atoms with van der Waals surface area (Å²) in [5, 5.41) is 11.9. The highest BCUT2D eigenvalue weighted by molar-refractivity contribution is 7.89. The van der Waals surface area contributed by atoms with Gasteiger partial charge in [-0.25, -0.2) is 23.2 Å². The van der Waals surface area contributed by atoms with Crippen molar-refractivity contribution in [3.63, 3.8) is 0 Å². The summed E-state index contributed by atoms with van der Waals surface area (Å²) in [4.78, 5) is 33.8. The van der Waals surface area contributed by atoms with Gasteiger partial charge in [0.1, 0.15) is 6.04 Å². The third kappa shape index (κ3) is 6.82. The molecule has 4 rings (SSSR count). The van der Waals surface area contributed by atoms with Crippen LogP contribution in [-0.4, -0.2) is 65.4 Å². The average molecular weight is 592 g/mol. The second kappa shape index (κ2) is 11.8. The molecule has 0 radical (unpaired) electrons. The number of piperazine rings is 1. The molecule has 2 aromatic carbocycles. The smallest absolute Gasteiger partial charge is 0.416 e. The molecule has 0 saturated carbocycles. The molecule has 10 nitrogen and oxygen atoms in total. The molecule has 218 valence electrons. The first-order valence-electron chi connectivity index (χ1n) is 12.6. The minimum atomic E-state index is -4.64. The maximum absolute atomic E-state index is 13.6. The van der Waals surface area contributed by atoms with E-state index in [1.807, 2.05) is 24.3 Å². The Bertz CT molecular complexity index is 1500. The van der Waals surface area contributed by atoms with Crippen molar-refractivity contribution in [1.29, 1.82) is 0 Å². The summed E-state index contributed by atoms with van der Waals surface area (Å²) in [6, 6.07) is 9.39. The zero-order valence-corrected chi connectivity index (χ0v) is 23.0. The Morgan fingerprint density at radius 3 is 2.17 bits per heavy atom. The van der Waals surface area contributed by atoms with E-state index in [4.69, 9.17) is 5.11 Å². The van der Waals surface area contributed by atoms with E-state index in [0.717, 1.165) is 40.0 Å². The molecule has 0 unspecified atom stereocenters. The van der Waals surface area contributed by atoms with Gasteiger partial charge < -0.3 is 15.3 Å². The molecule has 1 saturated heterocycles. The number of aromatic carboxylic acids is 1. The first kappa shape index (κ1) is 29.9. The Kier molecular flexibility index (Phi) is 8.63. The number of aromatic nitrogens is 2. The van der Waals surface area contributed by atoms with Crippen LogP contribution in [0.5, 0.6) is 0 Å². The first-order valence-corrected chi connectivity index (χ1v) is 14.1. The topological polar surface area (TPSA) is 133 Å². The minimum Gasteiger partial charge on any atom is -0.478 e. The van der Waals surface area contributed by atoms with Crippen molar-refractivity contribution in [3.8, 4) is 0 Å². The maximum Gasteiger partial charge on any atom is 0.416 e. The highest BCUT2D eigenvalue weighted by Gasteiger charge is 2.41. The Hall–Kier alpha value is -4.04. The second-order valence-corrected chi connectivity index (χ2v) is 11.7. The molecule has 1 aliphatic heterocycles. The lowest BCUT2D eigenvalue weighted by Gasteiger charge is -2.39. The molecule has 0 spiro atoms. The number of carboxylic acid groups (broad SMARTS) is 1. The van der Waals surface area contributed by atoms with Crippen molar-refractivity contribution in [2.75, 3.05) is 24.5 Å². The lowest BCUT2D eigenvalue weighted by atomic mass is 10.0. The van der Waals surface area contributed by atoms with E-state index in [1.165, 1.54) is 0 Å². The number of rotatable bonds is 8. The second-order valence-electron chi connectivity index (χ2n) is 9.79. The SMILES string of the molecule is CC(C)c1ccc(CNC(=O)[C@H]2CN(c3ncc(C(=O)O)cn3)CCN2S(=O)(=O)c2ccc(C(F)(F)F)cc2)cc1. The standard InChI is InChI=1S/C27H28F3N5O5S/c1-17(2)19-5-3-18(4-6-19)13-31-24(36)23-16-34(26-32-14-20(15-33-26)25(37)38)11-12-35(23)41(39,40)22-9-7-21(8-10-22)27(28,29)30/h3-10,14-15,17,23H,11-13,16H2,1-2H3,(H,31,36)(H,37,38)/t23-/m1/s1. The normalized spacial score (nSPS) is 16.5. The lowest BCUT2D eigenvalue weighted by molar-refractivity contribution is -0.137. The van der Waals surface area contributed by atoms with Crippen molar-refractivity contribution in [3.05, 3.63) is 83.2 Å². The molecule has 14 heteroatoms. The molecule has 1 amide bonds. The highest BCUT2D eigenvalue weighted by Crippen LogP contribution is 2.31. The van der Waals surface area contributed by atoms with E-state index in [9.17, 15) is 31.2 Å². The summed E-state index contributed by atoms with van der Waals surface area (Å²) < 4.78 is 67.2. The number of hydrogen-bond acceptors (Lipinski definition) is 7. The van der Waals surface area contributed by atoms with E-state index in [0.29, 0.717) is 18.1 Å². The molecule has 1 atom stereocenters. The largest absolute Gasteiger partial charge is 0.478 e. The van der Waals surface area contributed by atoms with Gasteiger partial charge in [0, 0.05) is 38.6 Å². The van der Waals surface area contributed by atoms with Gasteiger partial charge in [0.05, 0.1) is 16.0 Å². The number of anilines is 1. The third-order valence-electron chi connectivity index (χ3n) is 6.70. The summed E-state index contributed by atoms with van der Waals surface area (Å²) in [6.07, 6.45) is -2.43. The van der Waals surface area contributed by atoms with Crippen LogP contribution < -0.4 is 10.2 Å². The van der Waals surface area contributed by atoms with Crippen molar-refractivity contribution in [2.45, 2.75) is 43.4 Å². The summed E-state index contributed by atoms with van der Waals surface area (Å²) >= 11 is 0. The number of sulfonamides is 1. The van der Waals surface area contributed by atoms with Crippen LogP contribution in [-0.2, 0) is 27.5 Å². The van der Waals surface area contributed by atoms with Gasteiger partial charge in [-0.1, -0.05) is 38.1 Å². The van der Waals surface area contributed by atoms with Crippen LogP contribution >= 0.6 is 0 Å². The maximum atomic E-state index is 13.6. The molecule has 1 aromatic heterocycles. The van der Waals surface area contributed by atoms with Crippen LogP contribution in [0.15, 0.2) is 65.8 Å². The van der Waals surface area contributed by atoms with Crippen LogP contribution in [0.25, 0.3) is 0 Å². The number of nitrogens with zero attached hydrogens (tertiary/aromatic N) is 4. The Balaban J connectivity index is 1.60. The fraction of sp³-hybridized carbons (Fsp3) is 0.333. The molecule has 41 heavy (non-hydrogen) atoms. The van der Waals surface area contributed by atoms with Gasteiger partial charge in [-0.3, -0.25) is 4.79 Å². The molecule has 2 N–H and O–H groups in total. The van der Waals surface area contributed by atoms with Crippen LogP contribution in [0.3, 0.4) is 0 Å². The fourth-order valence-electron chi connectivity index (χ4n) is 4.32. The number of hydrogen-bond donors (Lipinski definition) is 2. The molecule has 1 aliphatic rings. The van der Waals surface area contributed by atoms with E-state index in [-0.39, 0.29) is 42.6 Å². The first-order chi connectivity index (χ1) is 19.3. The van der Waals surface area contributed by atoms with Gasteiger partial charge in [-0.2, -0.15) is 17.5 Å². The number of alkyl halides is 3. The number of carboxylic acids is 1. The van der Waals surface area contributed by atoms with E-state index < -0.39 is 39.7 Å². The molecule has 3 aromatic rings. The van der Waals surface area contributed by atoms with Crippen LogP contribution in [0.1, 0.15) is 46.8 Å². The van der Waals surface area contributed by atoms with E-state index >= 15 is 0 Å². The quantitative estimate of drug-likeness (QED) is 0.407. The molecule has 2 heterocycles. The Morgan fingerprint density at radius 2 is 1.63 bits per heavy atom. The van der Waals surface area contributed by atoms with Crippen molar-refractivity contribution >= 4 is 27.8 Å². The Labute approximate surface area is 234 Å². The monoisotopic (exact) mass is 591 g/mol. The minimum absolute atomic E-state index is 0.0483. The highest BCUT2D eigenvalue weighted by atomic mass is 32.2. The molecule has 0 bridgehead atoms. The van der Waals surface area contributed by atoms with E-state index in [2.05, 4.69) is 29.1 Å². The number of amides is 1. The zero-order valence-electron chi connectivity index (χ0n) is 22.2. The summed E-state index contributed by atoms with van der Waals surface area (Å²) in [6.45, 7) is 3.89. The predicted molar refractivity (Wildman–Crippen MR) is 143 cm³/mol. The summed E-state index contributed by atoms with van der Waals surface area (Å²) in [7, 11) is -4.38. The van der Waals surface area contributed by atoms with Gasteiger partial charge in [0.2, 0.25) is 21.9 Å². The molecule has 0 aliphatic carbocycles. The summed E-state index contributed by atoms with van der Waals surface area (Å²) in [5.41, 5.74) is 0.766. The van der Waals surface area contributed by atoms with E-state index in [1.54, 1.807) is 4.90 Å². The van der Waals surface area contributed by atoms with Gasteiger partial charge in [0.15, 0.2) is 0 Å². The average Bonchev–Trinajstić information content (AvgIpc) is 2.95. The van der Waals surface area contributed by atoms with Crippen LogP contribution in [0, 0.1) is 0 Å². The van der Waals surface area contributed by atoms with Gasteiger partial charge in [0.25, 0.3) is 0 Å². The van der Waals surface area contributed by atoms with Crippen molar-refractivity contribution < 1.29 is 36.3 Å². The number of carbonyl (C=O) groups is 2. The number of nitrogens with one attached hydrogen (secondary N) is 1. The number of halogens is 3. The summed E-state index contributed by atoms with van der Waals surface area (Å²) in [5.74, 6) is -1.42. The lowest BCUT2D eigenvalue weighted by Crippen LogP contribution is -2.60. The third-order valence-corrected chi connectivity index (χ3v) is 8.63. The number of benzene rings is 2. The zero-order chi connectivity index (χ0) is 29.9. The van der Waals surface area contributed by atoms with Gasteiger partial charge in [-0.05, 0) is 41.3 Å². The van der Waals surface area contributed by atoms with Crippen molar-refractivity contribution in [2.24, 2.45) is 0 Å².